The topological polar surface area (TPSA) is 41.9 Å². The van der Waals surface area contributed by atoms with E-state index in [0.29, 0.717) is 5.82 Å². The summed E-state index contributed by atoms with van der Waals surface area (Å²) < 4.78 is 0. The Kier molecular flexibility index (Phi) is 7.27. The smallest absolute Gasteiger partial charge is 0.178 e. The normalized spacial score (nSPS) is 14.7. The van der Waals surface area contributed by atoms with Gasteiger partial charge < -0.3 is 4.90 Å². The van der Waals surface area contributed by atoms with Gasteiger partial charge in [-0.05, 0) is 133 Å². The van der Waals surface area contributed by atoms with E-state index in [0.717, 1.165) is 29.1 Å². The largest absolute Gasteiger partial charge is 0.310 e. The number of hydrogen-bond acceptors (Lipinski definition) is 4. The lowest BCUT2D eigenvalue weighted by atomic mass is 9.57. The first-order valence-corrected chi connectivity index (χ1v) is 22.1. The zero-order chi connectivity index (χ0) is 42.0. The molecular formula is C60H38N4. The van der Waals surface area contributed by atoms with Crippen molar-refractivity contribution in [2.24, 2.45) is 0 Å². The number of pyridine rings is 1. The Morgan fingerprint density at radius 1 is 0.359 bits per heavy atom. The molecule has 10 aromatic rings. The molecule has 0 fully saturated rings. The van der Waals surface area contributed by atoms with Crippen LogP contribution in [0.25, 0.3) is 45.0 Å². The molecule has 0 radical (unpaired) electrons. The summed E-state index contributed by atoms with van der Waals surface area (Å²) in [6.07, 6.45) is 4.39. The third-order valence-corrected chi connectivity index (χ3v) is 14.5. The van der Waals surface area contributed by atoms with Gasteiger partial charge in [0.25, 0.3) is 0 Å². The first-order chi connectivity index (χ1) is 31.7. The van der Waals surface area contributed by atoms with Gasteiger partial charge in [-0.15, -0.1) is 0 Å². The van der Waals surface area contributed by atoms with Crippen LogP contribution in [-0.2, 0) is 17.3 Å². The van der Waals surface area contributed by atoms with E-state index in [1.165, 1.54) is 89.3 Å². The molecule has 0 saturated carbocycles. The van der Waals surface area contributed by atoms with Gasteiger partial charge in [-0.2, -0.15) is 0 Å². The summed E-state index contributed by atoms with van der Waals surface area (Å²) in [5.74, 6) is 0.617. The van der Waals surface area contributed by atoms with E-state index in [1.54, 1.807) is 12.4 Å². The maximum absolute atomic E-state index is 5.14. The Labute approximate surface area is 371 Å². The molecule has 4 nitrogen and oxygen atoms in total. The number of aromatic nitrogens is 3. The van der Waals surface area contributed by atoms with Crippen molar-refractivity contribution >= 4 is 17.1 Å². The van der Waals surface area contributed by atoms with E-state index in [2.05, 4.69) is 209 Å². The molecule has 0 saturated heterocycles. The third kappa shape index (κ3) is 4.54. The van der Waals surface area contributed by atoms with Crippen LogP contribution in [0.1, 0.15) is 55.6 Å². The molecule has 0 bridgehead atoms. The standard InChI is InChI=1S/C60H38N4/c1-5-19-46-38(15-1)35-39-29-30-40(54-25-13-26-55(63-54)58-61-33-14-34-62-58)36-53(39)59(46)51-23-9-11-27-56(51)64(57-28-12-10-24-52(57)59)41-31-32-50-45(37-41)44-18-4-8-22-49(44)60(50)47-20-6-2-16-42(47)43-17-3-7-21-48(43)60/h1-34,36-37H,35H2. The van der Waals surface area contributed by atoms with Crippen molar-refractivity contribution in [3.63, 3.8) is 0 Å². The first-order valence-electron chi connectivity index (χ1n) is 22.1. The molecule has 8 aromatic carbocycles. The van der Waals surface area contributed by atoms with Crippen LogP contribution >= 0.6 is 0 Å². The lowest BCUT2D eigenvalue weighted by Gasteiger charge is -2.49. The van der Waals surface area contributed by atoms with Gasteiger partial charge in [0.1, 0.15) is 5.69 Å². The number of fused-ring (bicyclic) bond motifs is 18. The van der Waals surface area contributed by atoms with Gasteiger partial charge >= 0.3 is 0 Å². The second-order valence-corrected chi connectivity index (χ2v) is 17.4. The summed E-state index contributed by atoms with van der Waals surface area (Å²) in [7, 11) is 0. The molecule has 64 heavy (non-hydrogen) atoms. The Morgan fingerprint density at radius 2 is 0.875 bits per heavy atom. The zero-order valence-electron chi connectivity index (χ0n) is 34.8. The Hall–Kier alpha value is -8.21. The molecule has 0 amide bonds. The molecule has 0 atom stereocenters. The molecule has 0 N–H and O–H groups in total. The highest BCUT2D eigenvalue weighted by atomic mass is 15.2. The van der Waals surface area contributed by atoms with Crippen LogP contribution in [-0.4, -0.2) is 15.0 Å². The maximum atomic E-state index is 5.14. The third-order valence-electron chi connectivity index (χ3n) is 14.5. The molecule has 298 valence electrons. The second-order valence-electron chi connectivity index (χ2n) is 17.4. The summed E-state index contributed by atoms with van der Waals surface area (Å²) in [4.78, 5) is 16.7. The van der Waals surface area contributed by atoms with E-state index >= 15 is 0 Å². The second kappa shape index (κ2) is 13.2. The molecule has 3 aliphatic carbocycles. The van der Waals surface area contributed by atoms with E-state index in [1.807, 2.05) is 12.1 Å². The first kappa shape index (κ1) is 35.4. The number of anilines is 3. The number of benzene rings is 8. The Bertz CT molecular complexity index is 3480. The fourth-order valence-corrected chi connectivity index (χ4v) is 12.1. The monoisotopic (exact) mass is 814 g/mol. The molecule has 14 rings (SSSR count). The van der Waals surface area contributed by atoms with Crippen LogP contribution in [0.4, 0.5) is 17.1 Å². The highest BCUT2D eigenvalue weighted by Crippen LogP contribution is 2.65. The van der Waals surface area contributed by atoms with Crippen molar-refractivity contribution in [1.82, 2.24) is 15.0 Å². The summed E-state index contributed by atoms with van der Waals surface area (Å²) in [5.41, 5.74) is 23.6. The summed E-state index contributed by atoms with van der Waals surface area (Å²) in [6, 6.07) is 76.7. The molecule has 4 aliphatic rings. The van der Waals surface area contributed by atoms with Crippen molar-refractivity contribution in [2.45, 2.75) is 17.3 Å². The molecule has 2 aromatic heterocycles. The predicted molar refractivity (Wildman–Crippen MR) is 256 cm³/mol. The van der Waals surface area contributed by atoms with Crippen molar-refractivity contribution in [1.29, 1.82) is 0 Å². The van der Waals surface area contributed by atoms with Crippen LogP contribution in [0.3, 0.4) is 0 Å². The average Bonchev–Trinajstić information content (AvgIpc) is 3.83. The van der Waals surface area contributed by atoms with Crippen LogP contribution < -0.4 is 4.90 Å². The Balaban J connectivity index is 0.997. The lowest BCUT2D eigenvalue weighted by Crippen LogP contribution is -2.41. The van der Waals surface area contributed by atoms with Crippen molar-refractivity contribution in [3.8, 4) is 45.0 Å². The Morgan fingerprint density at radius 3 is 1.55 bits per heavy atom. The van der Waals surface area contributed by atoms with Gasteiger partial charge in [0.2, 0.25) is 0 Å². The fraction of sp³-hybridized carbons (Fsp3) is 0.0500. The molecule has 2 spiro atoms. The van der Waals surface area contributed by atoms with Crippen molar-refractivity contribution in [3.05, 3.63) is 274 Å². The summed E-state index contributed by atoms with van der Waals surface area (Å²) in [5, 5.41) is 0. The molecule has 3 heterocycles. The quantitative estimate of drug-likeness (QED) is 0.178. The van der Waals surface area contributed by atoms with Gasteiger partial charge in [0.05, 0.1) is 27.9 Å². The number of rotatable bonds is 3. The van der Waals surface area contributed by atoms with E-state index < -0.39 is 10.8 Å². The van der Waals surface area contributed by atoms with Crippen LogP contribution in [0, 0.1) is 0 Å². The average molecular weight is 815 g/mol. The van der Waals surface area contributed by atoms with E-state index in [4.69, 9.17) is 4.98 Å². The minimum absolute atomic E-state index is 0.394. The number of para-hydroxylation sites is 2. The van der Waals surface area contributed by atoms with Gasteiger partial charge in [-0.25, -0.2) is 15.0 Å². The summed E-state index contributed by atoms with van der Waals surface area (Å²) in [6.45, 7) is 0. The molecule has 1 aliphatic heterocycles. The molecule has 4 heteroatoms. The van der Waals surface area contributed by atoms with Gasteiger partial charge in [0, 0.05) is 23.6 Å². The minimum Gasteiger partial charge on any atom is -0.310 e. The lowest BCUT2D eigenvalue weighted by molar-refractivity contribution is 0.693. The van der Waals surface area contributed by atoms with Crippen LogP contribution in [0.5, 0.6) is 0 Å². The van der Waals surface area contributed by atoms with E-state index in [-0.39, 0.29) is 0 Å². The van der Waals surface area contributed by atoms with Gasteiger partial charge in [0.15, 0.2) is 5.82 Å². The predicted octanol–water partition coefficient (Wildman–Crippen LogP) is 13.6. The van der Waals surface area contributed by atoms with Crippen LogP contribution in [0.2, 0.25) is 0 Å². The van der Waals surface area contributed by atoms with Crippen molar-refractivity contribution in [2.75, 3.05) is 4.90 Å². The zero-order valence-corrected chi connectivity index (χ0v) is 34.8. The molecule has 0 unspecified atom stereocenters. The number of nitrogens with zero attached hydrogens (tertiary/aromatic N) is 4. The van der Waals surface area contributed by atoms with Crippen molar-refractivity contribution < 1.29 is 0 Å². The van der Waals surface area contributed by atoms with Crippen LogP contribution in [0.15, 0.2) is 219 Å². The fourth-order valence-electron chi connectivity index (χ4n) is 12.1. The number of hydrogen-bond donors (Lipinski definition) is 0. The minimum atomic E-state index is -0.603. The van der Waals surface area contributed by atoms with Gasteiger partial charge in [-0.1, -0.05) is 158 Å². The summed E-state index contributed by atoms with van der Waals surface area (Å²) >= 11 is 0. The highest BCUT2D eigenvalue weighted by molar-refractivity contribution is 5.98. The maximum Gasteiger partial charge on any atom is 0.178 e. The SMILES string of the molecule is c1cnc(-c2cccc(-c3ccc4c(c3)C3(c5ccccc5C4)c4ccccc4N(c4ccc5c(c4)-c4ccccc4C54c5ccccc5-c5ccccc54)c4ccccc43)n2)nc1. The van der Waals surface area contributed by atoms with Gasteiger partial charge in [-0.3, -0.25) is 0 Å². The van der Waals surface area contributed by atoms with E-state index in [9.17, 15) is 0 Å². The molecular weight excluding hydrogens is 777 g/mol. The highest BCUT2D eigenvalue weighted by Gasteiger charge is 2.53.